The standard InChI is InChI=1S/C16H20N4O2/c1-11-3-2-4-13-15(11)18-10-20(16(13)22)8-6-14(21)19-7-5-12(17)9-19/h2-4,10,12H,5-9,17H2,1H3/t12-/m1/s1. The van der Waals surface area contributed by atoms with Crippen LogP contribution in [-0.2, 0) is 11.3 Å². The topological polar surface area (TPSA) is 81.2 Å². The Morgan fingerprint density at radius 3 is 3.00 bits per heavy atom. The molecule has 2 aromatic rings. The van der Waals surface area contributed by atoms with Gasteiger partial charge in [-0.1, -0.05) is 12.1 Å². The van der Waals surface area contributed by atoms with Crippen molar-refractivity contribution in [2.75, 3.05) is 13.1 Å². The zero-order chi connectivity index (χ0) is 15.7. The van der Waals surface area contributed by atoms with Gasteiger partial charge in [0.15, 0.2) is 0 Å². The lowest BCUT2D eigenvalue weighted by atomic mass is 10.1. The number of carbonyl (C=O) groups excluding carboxylic acids is 1. The first-order chi connectivity index (χ1) is 10.6. The Morgan fingerprint density at radius 1 is 1.45 bits per heavy atom. The van der Waals surface area contributed by atoms with E-state index in [4.69, 9.17) is 5.73 Å². The van der Waals surface area contributed by atoms with Gasteiger partial charge in [-0.05, 0) is 25.0 Å². The molecule has 116 valence electrons. The minimum absolute atomic E-state index is 0.0455. The molecule has 0 radical (unpaired) electrons. The van der Waals surface area contributed by atoms with Crippen LogP contribution in [0.1, 0.15) is 18.4 Å². The molecule has 0 spiro atoms. The van der Waals surface area contributed by atoms with Gasteiger partial charge in [0.1, 0.15) is 0 Å². The van der Waals surface area contributed by atoms with Gasteiger partial charge in [0.25, 0.3) is 5.56 Å². The summed E-state index contributed by atoms with van der Waals surface area (Å²) in [5.74, 6) is 0.0455. The van der Waals surface area contributed by atoms with Crippen LogP contribution < -0.4 is 11.3 Å². The number of rotatable bonds is 3. The Morgan fingerprint density at radius 2 is 2.27 bits per heavy atom. The van der Waals surface area contributed by atoms with Gasteiger partial charge >= 0.3 is 0 Å². The zero-order valence-electron chi connectivity index (χ0n) is 12.7. The van der Waals surface area contributed by atoms with Crippen LogP contribution in [0.25, 0.3) is 10.9 Å². The molecule has 6 heteroatoms. The lowest BCUT2D eigenvalue weighted by Gasteiger charge is -2.16. The first-order valence-electron chi connectivity index (χ1n) is 7.54. The summed E-state index contributed by atoms with van der Waals surface area (Å²) in [5, 5.41) is 0.596. The van der Waals surface area contributed by atoms with E-state index in [1.165, 1.54) is 10.9 Å². The molecule has 3 rings (SSSR count). The molecule has 2 N–H and O–H groups in total. The maximum atomic E-state index is 12.4. The summed E-state index contributed by atoms with van der Waals surface area (Å²) in [7, 11) is 0. The Bertz CT molecular complexity index is 768. The van der Waals surface area contributed by atoms with Crippen LogP contribution in [0.3, 0.4) is 0 Å². The maximum Gasteiger partial charge on any atom is 0.261 e. The molecule has 1 aliphatic rings. The smallest absolute Gasteiger partial charge is 0.261 e. The molecule has 1 fully saturated rings. The van der Waals surface area contributed by atoms with E-state index in [0.717, 1.165) is 17.5 Å². The van der Waals surface area contributed by atoms with Crippen molar-refractivity contribution in [2.24, 2.45) is 5.73 Å². The Labute approximate surface area is 128 Å². The highest BCUT2D eigenvalue weighted by atomic mass is 16.2. The third-order valence-electron chi connectivity index (χ3n) is 4.20. The molecule has 1 aromatic carbocycles. The van der Waals surface area contributed by atoms with E-state index in [1.54, 1.807) is 11.0 Å². The van der Waals surface area contributed by atoms with Crippen molar-refractivity contribution in [1.82, 2.24) is 14.5 Å². The first-order valence-corrected chi connectivity index (χ1v) is 7.54. The summed E-state index contributed by atoms with van der Waals surface area (Å²) < 4.78 is 1.51. The molecule has 1 amide bonds. The summed E-state index contributed by atoms with van der Waals surface area (Å²) >= 11 is 0. The fourth-order valence-corrected chi connectivity index (χ4v) is 2.88. The van der Waals surface area contributed by atoms with Crippen molar-refractivity contribution in [3.8, 4) is 0 Å². The Kier molecular flexibility index (Phi) is 3.94. The highest BCUT2D eigenvalue weighted by Gasteiger charge is 2.23. The maximum absolute atomic E-state index is 12.4. The molecular formula is C16H20N4O2. The minimum Gasteiger partial charge on any atom is -0.341 e. The number of fused-ring (bicyclic) bond motifs is 1. The Hall–Kier alpha value is -2.21. The van der Waals surface area contributed by atoms with E-state index >= 15 is 0 Å². The van der Waals surface area contributed by atoms with Crippen LogP contribution in [0.4, 0.5) is 0 Å². The fraction of sp³-hybridized carbons (Fsp3) is 0.438. The highest BCUT2D eigenvalue weighted by Crippen LogP contribution is 2.12. The van der Waals surface area contributed by atoms with E-state index in [2.05, 4.69) is 4.98 Å². The van der Waals surface area contributed by atoms with Gasteiger partial charge in [0.2, 0.25) is 5.91 Å². The van der Waals surface area contributed by atoms with Gasteiger partial charge in [-0.15, -0.1) is 0 Å². The average molecular weight is 300 g/mol. The van der Waals surface area contributed by atoms with Crippen LogP contribution in [0.15, 0.2) is 29.3 Å². The lowest BCUT2D eigenvalue weighted by molar-refractivity contribution is -0.130. The van der Waals surface area contributed by atoms with Gasteiger partial charge in [0.05, 0.1) is 17.2 Å². The highest BCUT2D eigenvalue weighted by molar-refractivity contribution is 5.80. The third kappa shape index (κ3) is 2.74. The van der Waals surface area contributed by atoms with Crippen molar-refractivity contribution in [3.05, 3.63) is 40.4 Å². The number of nitrogens with two attached hydrogens (primary N) is 1. The van der Waals surface area contributed by atoms with Crippen LogP contribution in [-0.4, -0.2) is 39.5 Å². The number of aryl methyl sites for hydroxylation is 2. The molecule has 1 atom stereocenters. The quantitative estimate of drug-likeness (QED) is 0.902. The fourth-order valence-electron chi connectivity index (χ4n) is 2.88. The van der Waals surface area contributed by atoms with Crippen molar-refractivity contribution < 1.29 is 4.79 Å². The molecule has 6 nitrogen and oxygen atoms in total. The van der Waals surface area contributed by atoms with E-state index in [9.17, 15) is 9.59 Å². The monoisotopic (exact) mass is 300 g/mol. The largest absolute Gasteiger partial charge is 0.341 e. The molecule has 0 aliphatic carbocycles. The van der Waals surface area contributed by atoms with Crippen LogP contribution in [0.5, 0.6) is 0 Å². The van der Waals surface area contributed by atoms with E-state index in [-0.39, 0.29) is 17.5 Å². The lowest BCUT2D eigenvalue weighted by Crippen LogP contribution is -2.33. The van der Waals surface area contributed by atoms with Crippen molar-refractivity contribution in [1.29, 1.82) is 0 Å². The second-order valence-electron chi connectivity index (χ2n) is 5.85. The second-order valence-corrected chi connectivity index (χ2v) is 5.85. The van der Waals surface area contributed by atoms with Gasteiger partial charge in [0, 0.05) is 32.1 Å². The van der Waals surface area contributed by atoms with Crippen LogP contribution >= 0.6 is 0 Å². The number of carbonyl (C=O) groups is 1. The molecule has 1 aliphatic heterocycles. The van der Waals surface area contributed by atoms with Gasteiger partial charge in [-0.2, -0.15) is 0 Å². The van der Waals surface area contributed by atoms with E-state index < -0.39 is 0 Å². The zero-order valence-corrected chi connectivity index (χ0v) is 12.7. The summed E-state index contributed by atoms with van der Waals surface area (Å²) in [5.41, 5.74) is 7.41. The van der Waals surface area contributed by atoms with Crippen molar-refractivity contribution >= 4 is 16.8 Å². The van der Waals surface area contributed by atoms with Crippen LogP contribution in [0, 0.1) is 6.92 Å². The van der Waals surface area contributed by atoms with Gasteiger partial charge < -0.3 is 10.6 Å². The van der Waals surface area contributed by atoms with Gasteiger partial charge in [-0.25, -0.2) is 4.98 Å². The molecule has 0 bridgehead atoms. The number of likely N-dealkylation sites (tertiary alicyclic amines) is 1. The van der Waals surface area contributed by atoms with E-state index in [0.29, 0.717) is 31.4 Å². The average Bonchev–Trinajstić information content (AvgIpc) is 2.94. The Balaban J connectivity index is 1.76. The summed E-state index contributed by atoms with van der Waals surface area (Å²) in [6.45, 7) is 3.60. The normalized spacial score (nSPS) is 18.1. The van der Waals surface area contributed by atoms with Crippen molar-refractivity contribution in [3.63, 3.8) is 0 Å². The predicted octanol–water partition coefficient (Wildman–Crippen LogP) is 0.655. The molecule has 22 heavy (non-hydrogen) atoms. The van der Waals surface area contributed by atoms with Crippen LogP contribution in [0.2, 0.25) is 0 Å². The molecule has 2 heterocycles. The summed E-state index contributed by atoms with van der Waals surface area (Å²) in [6.07, 6.45) is 2.68. The predicted molar refractivity (Wildman–Crippen MR) is 84.5 cm³/mol. The number of amides is 1. The molecule has 1 saturated heterocycles. The number of hydrogen-bond acceptors (Lipinski definition) is 4. The number of benzene rings is 1. The number of nitrogens with zero attached hydrogens (tertiary/aromatic N) is 3. The SMILES string of the molecule is Cc1cccc2c(=O)n(CCC(=O)N3CC[C@@H](N)C3)cnc12. The molecule has 1 aromatic heterocycles. The van der Waals surface area contributed by atoms with Crippen molar-refractivity contribution in [2.45, 2.75) is 32.4 Å². The third-order valence-corrected chi connectivity index (χ3v) is 4.20. The first kappa shape index (κ1) is 14.7. The molecule has 0 unspecified atom stereocenters. The van der Waals surface area contributed by atoms with Gasteiger partial charge in [-0.3, -0.25) is 14.2 Å². The summed E-state index contributed by atoms with van der Waals surface area (Å²) in [6, 6.07) is 5.63. The minimum atomic E-state index is -0.0976. The molecule has 0 saturated carbocycles. The number of hydrogen-bond donors (Lipinski definition) is 1. The number of para-hydroxylation sites is 1. The second kappa shape index (κ2) is 5.88. The van der Waals surface area contributed by atoms with E-state index in [1.807, 2.05) is 19.1 Å². The summed E-state index contributed by atoms with van der Waals surface area (Å²) in [4.78, 5) is 30.7. The number of aromatic nitrogens is 2. The molecular weight excluding hydrogens is 280 g/mol.